The van der Waals surface area contributed by atoms with Crippen molar-refractivity contribution in [2.45, 2.75) is 27.2 Å². The van der Waals surface area contributed by atoms with Gasteiger partial charge in [0, 0.05) is 23.7 Å². The molecule has 10 heteroatoms. The minimum Gasteiger partial charge on any atom is -0.550 e. The molecule has 2 rings (SSSR count). The van der Waals surface area contributed by atoms with E-state index in [9.17, 15) is 30.1 Å². The number of nitrogens with one attached hydrogen (secondary N) is 1. The third-order valence-electron chi connectivity index (χ3n) is 4.58. The van der Waals surface area contributed by atoms with Crippen LogP contribution in [0.15, 0.2) is 23.3 Å². The molecule has 25 heavy (non-hydrogen) atoms. The van der Waals surface area contributed by atoms with Crippen LogP contribution in [-0.2, 0) is 4.79 Å². The Morgan fingerprint density at radius 3 is 2.40 bits per heavy atom. The molecule has 1 aromatic carbocycles. The Morgan fingerprint density at radius 1 is 1.28 bits per heavy atom. The molecule has 1 fully saturated rings. The molecule has 0 spiro atoms. The van der Waals surface area contributed by atoms with Crippen LogP contribution in [0.2, 0.25) is 0 Å². The van der Waals surface area contributed by atoms with Gasteiger partial charge in [0.05, 0.1) is 15.9 Å². The van der Waals surface area contributed by atoms with Crippen LogP contribution in [0.3, 0.4) is 0 Å². The minimum absolute atomic E-state index is 0.0152. The summed E-state index contributed by atoms with van der Waals surface area (Å²) < 4.78 is 0. The maximum Gasteiger partial charge on any atom is 0.301 e. The summed E-state index contributed by atoms with van der Waals surface area (Å²) >= 11 is 0. The fourth-order valence-electron chi connectivity index (χ4n) is 2.99. The highest BCUT2D eigenvalue weighted by Gasteiger charge is 2.58. The van der Waals surface area contributed by atoms with Crippen molar-refractivity contribution >= 4 is 28.7 Å². The van der Waals surface area contributed by atoms with E-state index in [1.165, 1.54) is 6.07 Å². The van der Waals surface area contributed by atoms with E-state index in [0.717, 1.165) is 12.1 Å². The SMILES string of the molecule is C/C(C[C@H]1[C@H](C(=O)[O-])C1(C)C)=N/Nc1ccc([N+](=O)[O-])cc1[N+](=O)[O-]. The molecule has 10 nitrogen and oxygen atoms in total. The maximum atomic E-state index is 11.1. The summed E-state index contributed by atoms with van der Waals surface area (Å²) in [6, 6.07) is 3.19. The maximum absolute atomic E-state index is 11.1. The molecule has 2 atom stereocenters. The van der Waals surface area contributed by atoms with Gasteiger partial charge in [-0.15, -0.1) is 0 Å². The Balaban J connectivity index is 2.12. The number of nitro groups is 2. The Hall–Kier alpha value is -3.04. The number of non-ortho nitro benzene ring substituents is 1. The van der Waals surface area contributed by atoms with Gasteiger partial charge in [0.15, 0.2) is 0 Å². The van der Waals surface area contributed by atoms with E-state index in [-0.39, 0.29) is 17.0 Å². The third-order valence-corrected chi connectivity index (χ3v) is 4.58. The highest BCUT2D eigenvalue weighted by Crippen LogP contribution is 2.59. The van der Waals surface area contributed by atoms with Crippen molar-refractivity contribution in [1.29, 1.82) is 0 Å². The van der Waals surface area contributed by atoms with Gasteiger partial charge in [0.1, 0.15) is 5.69 Å². The number of benzene rings is 1. The normalized spacial score (nSPS) is 21.5. The van der Waals surface area contributed by atoms with E-state index in [2.05, 4.69) is 10.5 Å². The molecule has 0 unspecified atom stereocenters. The van der Waals surface area contributed by atoms with Crippen LogP contribution in [0, 0.1) is 37.5 Å². The number of hydrogen-bond donors (Lipinski definition) is 1. The lowest BCUT2D eigenvalue weighted by molar-refractivity contribution is -0.393. The van der Waals surface area contributed by atoms with Crippen molar-refractivity contribution < 1.29 is 19.7 Å². The number of nitrogens with zero attached hydrogens (tertiary/aromatic N) is 3. The molecule has 0 aromatic heterocycles. The monoisotopic (exact) mass is 349 g/mol. The van der Waals surface area contributed by atoms with Crippen LogP contribution in [0.4, 0.5) is 17.1 Å². The molecule has 0 bridgehead atoms. The average molecular weight is 349 g/mol. The average Bonchev–Trinajstić information content (AvgIpc) is 3.05. The molecular weight excluding hydrogens is 332 g/mol. The van der Waals surface area contributed by atoms with Gasteiger partial charge >= 0.3 is 5.69 Å². The zero-order valence-corrected chi connectivity index (χ0v) is 13.9. The number of rotatable bonds is 7. The number of nitro benzene ring substituents is 2. The molecule has 1 aliphatic carbocycles. The van der Waals surface area contributed by atoms with Gasteiger partial charge in [-0.05, 0) is 30.7 Å². The van der Waals surface area contributed by atoms with Crippen LogP contribution in [0.25, 0.3) is 0 Å². The molecule has 0 heterocycles. The lowest BCUT2D eigenvalue weighted by Crippen LogP contribution is -2.26. The predicted molar refractivity (Wildman–Crippen MR) is 86.9 cm³/mol. The number of carboxylic acids is 1. The number of anilines is 1. The van der Waals surface area contributed by atoms with E-state index in [1.54, 1.807) is 6.92 Å². The molecule has 1 N–H and O–H groups in total. The number of carboxylic acid groups (broad SMARTS) is 1. The van der Waals surface area contributed by atoms with Crippen molar-refractivity contribution in [3.05, 3.63) is 38.4 Å². The first kappa shape index (κ1) is 18.3. The van der Waals surface area contributed by atoms with E-state index in [1.807, 2.05) is 13.8 Å². The number of carbonyl (C=O) groups excluding carboxylic acids is 1. The van der Waals surface area contributed by atoms with Crippen molar-refractivity contribution in [2.75, 3.05) is 5.43 Å². The lowest BCUT2D eigenvalue weighted by atomic mass is 10.1. The second kappa shape index (κ2) is 6.46. The van der Waals surface area contributed by atoms with Crippen molar-refractivity contribution in [1.82, 2.24) is 0 Å². The first-order valence-electron chi connectivity index (χ1n) is 7.48. The molecule has 0 radical (unpaired) electrons. The fraction of sp³-hybridized carbons (Fsp3) is 0.467. The Labute approximate surface area is 142 Å². The first-order chi connectivity index (χ1) is 11.6. The summed E-state index contributed by atoms with van der Waals surface area (Å²) in [6.45, 7) is 5.34. The second-order valence-electron chi connectivity index (χ2n) is 6.60. The third kappa shape index (κ3) is 3.73. The van der Waals surface area contributed by atoms with Gasteiger partial charge in [-0.1, -0.05) is 13.8 Å². The Kier molecular flexibility index (Phi) is 4.73. The van der Waals surface area contributed by atoms with Gasteiger partial charge in [-0.2, -0.15) is 5.10 Å². The lowest BCUT2D eigenvalue weighted by Gasteiger charge is -2.05. The number of hydrogen-bond acceptors (Lipinski definition) is 8. The summed E-state index contributed by atoms with van der Waals surface area (Å²) in [5, 5.41) is 36.9. The summed E-state index contributed by atoms with van der Waals surface area (Å²) in [4.78, 5) is 31.4. The van der Waals surface area contributed by atoms with Crippen LogP contribution in [0.1, 0.15) is 27.2 Å². The quantitative estimate of drug-likeness (QED) is 0.447. The summed E-state index contributed by atoms with van der Waals surface area (Å²) in [5.41, 5.74) is 1.86. The molecule has 134 valence electrons. The molecule has 0 amide bonds. The van der Waals surface area contributed by atoms with Gasteiger partial charge in [0.2, 0.25) is 0 Å². The Bertz CT molecular complexity index is 773. The van der Waals surface area contributed by atoms with Crippen LogP contribution >= 0.6 is 0 Å². The molecule has 1 aromatic rings. The number of aliphatic carboxylic acids is 1. The van der Waals surface area contributed by atoms with Crippen molar-refractivity contribution in [3.63, 3.8) is 0 Å². The van der Waals surface area contributed by atoms with Crippen molar-refractivity contribution in [3.8, 4) is 0 Å². The summed E-state index contributed by atoms with van der Waals surface area (Å²) in [6.07, 6.45) is 0.402. The van der Waals surface area contributed by atoms with E-state index >= 15 is 0 Å². The molecule has 0 saturated heterocycles. The summed E-state index contributed by atoms with van der Waals surface area (Å²) in [7, 11) is 0. The standard InChI is InChI=1S/C15H18N4O6/c1-8(6-10-13(14(20)21)15(10,2)3)16-17-11-5-4-9(18(22)23)7-12(11)19(24)25/h4-5,7,10,13,17H,6H2,1-3H3,(H,20,21)/p-1/b16-8-/t10-,13+/m0/s1. The van der Waals surface area contributed by atoms with Crippen LogP contribution in [-0.4, -0.2) is 21.5 Å². The van der Waals surface area contributed by atoms with Gasteiger partial charge < -0.3 is 9.90 Å². The van der Waals surface area contributed by atoms with Crippen LogP contribution in [0.5, 0.6) is 0 Å². The predicted octanol–water partition coefficient (Wildman–Crippen LogP) is 1.70. The van der Waals surface area contributed by atoms with E-state index in [0.29, 0.717) is 12.1 Å². The molecule has 0 aliphatic heterocycles. The highest BCUT2D eigenvalue weighted by molar-refractivity contribution is 5.85. The van der Waals surface area contributed by atoms with Gasteiger partial charge in [-0.25, -0.2) is 0 Å². The van der Waals surface area contributed by atoms with Crippen LogP contribution < -0.4 is 10.5 Å². The zero-order valence-electron chi connectivity index (χ0n) is 13.9. The smallest absolute Gasteiger partial charge is 0.301 e. The van der Waals surface area contributed by atoms with Gasteiger partial charge in [-0.3, -0.25) is 25.7 Å². The van der Waals surface area contributed by atoms with Crippen molar-refractivity contribution in [2.24, 2.45) is 22.4 Å². The highest BCUT2D eigenvalue weighted by atomic mass is 16.6. The fourth-order valence-corrected chi connectivity index (χ4v) is 2.99. The first-order valence-corrected chi connectivity index (χ1v) is 7.48. The van der Waals surface area contributed by atoms with E-state index < -0.39 is 33.1 Å². The molecule has 1 aliphatic rings. The number of hydrazone groups is 1. The summed E-state index contributed by atoms with van der Waals surface area (Å²) in [5.74, 6) is -1.76. The topological polar surface area (TPSA) is 151 Å². The molecule has 1 saturated carbocycles. The minimum atomic E-state index is -1.10. The molecular formula is C15H17N4O6-. The second-order valence-corrected chi connectivity index (χ2v) is 6.60. The largest absolute Gasteiger partial charge is 0.550 e. The van der Waals surface area contributed by atoms with E-state index in [4.69, 9.17) is 0 Å². The van der Waals surface area contributed by atoms with Gasteiger partial charge in [0.25, 0.3) is 5.69 Å². The number of carbonyl (C=O) groups is 1. The Morgan fingerprint density at radius 2 is 1.92 bits per heavy atom. The zero-order chi connectivity index (χ0) is 18.9.